The van der Waals surface area contributed by atoms with E-state index >= 15 is 0 Å². The molecule has 3 heteroatoms. The van der Waals surface area contributed by atoms with Crippen molar-refractivity contribution in [3.8, 4) is 0 Å². The molecule has 0 radical (unpaired) electrons. The Morgan fingerprint density at radius 2 is 2.17 bits per heavy atom. The molecule has 0 aliphatic carbocycles. The summed E-state index contributed by atoms with van der Waals surface area (Å²) in [6.45, 7) is 0. The van der Waals surface area contributed by atoms with Gasteiger partial charge in [0, 0.05) is 16.5 Å². The fraction of sp³-hybridized carbons (Fsp3) is 0.111. The Kier molecular flexibility index (Phi) is 3.50. The summed E-state index contributed by atoms with van der Waals surface area (Å²) >= 11 is 9.85. The van der Waals surface area contributed by atoms with Crippen LogP contribution in [0, 0.1) is 0 Å². The molecule has 0 saturated heterocycles. The van der Waals surface area contributed by atoms with E-state index in [-0.39, 0.29) is 0 Å². The Balaban J connectivity index is 2.93. The first-order chi connectivity index (χ1) is 5.72. The van der Waals surface area contributed by atoms with E-state index in [1.807, 2.05) is 24.3 Å². The first kappa shape index (κ1) is 9.49. The molecule has 0 spiro atoms. The van der Waals surface area contributed by atoms with Gasteiger partial charge in [0.15, 0.2) is 0 Å². The molecule has 0 aromatic heterocycles. The third-order valence-electron chi connectivity index (χ3n) is 1.36. The van der Waals surface area contributed by atoms with Gasteiger partial charge in [-0.05, 0) is 23.8 Å². The summed E-state index contributed by atoms with van der Waals surface area (Å²) in [4.78, 5) is 0. The summed E-state index contributed by atoms with van der Waals surface area (Å²) in [5, 5.41) is 0.661. The summed E-state index contributed by atoms with van der Waals surface area (Å²) in [6, 6.07) is 5.45. The third-order valence-corrected chi connectivity index (χ3v) is 1.79. The zero-order chi connectivity index (χ0) is 8.97. The highest BCUT2D eigenvalue weighted by molar-refractivity contribution is 7.80. The number of nitrogen functional groups attached to an aromatic ring is 1. The van der Waals surface area contributed by atoms with Crippen LogP contribution in [0.15, 0.2) is 24.3 Å². The van der Waals surface area contributed by atoms with Gasteiger partial charge in [0.1, 0.15) is 0 Å². The maximum Gasteiger partial charge on any atom is 0.0432 e. The summed E-state index contributed by atoms with van der Waals surface area (Å²) < 4.78 is 0. The van der Waals surface area contributed by atoms with Gasteiger partial charge in [-0.2, -0.15) is 12.6 Å². The van der Waals surface area contributed by atoms with Crippen molar-refractivity contribution in [2.24, 2.45) is 0 Å². The molecular weight excluding hydrogens is 190 g/mol. The minimum Gasteiger partial charge on any atom is -0.399 e. The van der Waals surface area contributed by atoms with Crippen LogP contribution in [-0.2, 0) is 0 Å². The molecule has 1 aromatic carbocycles. The molecule has 0 amide bonds. The lowest BCUT2D eigenvalue weighted by atomic mass is 10.2. The van der Waals surface area contributed by atoms with Crippen molar-refractivity contribution in [2.45, 2.75) is 0 Å². The molecule has 0 atom stereocenters. The van der Waals surface area contributed by atoms with Crippen LogP contribution < -0.4 is 5.73 Å². The number of thiol groups is 1. The number of nitrogens with two attached hydrogens (primary N) is 1. The highest BCUT2D eigenvalue weighted by Gasteiger charge is 1.92. The molecule has 0 saturated carbocycles. The number of anilines is 1. The van der Waals surface area contributed by atoms with Crippen molar-refractivity contribution >= 4 is 36.0 Å². The second-order valence-electron chi connectivity index (χ2n) is 2.40. The zero-order valence-electron chi connectivity index (χ0n) is 6.50. The number of rotatable bonds is 2. The van der Waals surface area contributed by atoms with Crippen molar-refractivity contribution in [3.05, 3.63) is 34.9 Å². The van der Waals surface area contributed by atoms with E-state index in [4.69, 9.17) is 17.3 Å². The normalized spacial score (nSPS) is 10.8. The first-order valence-electron chi connectivity index (χ1n) is 3.56. The molecule has 0 aliphatic heterocycles. The number of hydrogen-bond donors (Lipinski definition) is 2. The predicted octanol–water partition coefficient (Wildman–Crippen LogP) is 2.87. The summed E-state index contributed by atoms with van der Waals surface area (Å²) in [5.74, 6) is 0.715. The van der Waals surface area contributed by atoms with Crippen LogP contribution in [-0.4, -0.2) is 5.75 Å². The zero-order valence-corrected chi connectivity index (χ0v) is 8.15. The van der Waals surface area contributed by atoms with Crippen molar-refractivity contribution in [1.82, 2.24) is 0 Å². The van der Waals surface area contributed by atoms with Crippen LogP contribution in [0.2, 0.25) is 5.02 Å². The van der Waals surface area contributed by atoms with Gasteiger partial charge in [0.2, 0.25) is 0 Å². The molecule has 0 aliphatic rings. The Hall–Kier alpha value is -0.600. The lowest BCUT2D eigenvalue weighted by molar-refractivity contribution is 1.63. The maximum absolute atomic E-state index is 5.80. The fourth-order valence-corrected chi connectivity index (χ4v) is 1.28. The molecule has 1 aromatic rings. The highest BCUT2D eigenvalue weighted by atomic mass is 35.5. The lowest BCUT2D eigenvalue weighted by Gasteiger charge is -1.97. The number of halogens is 1. The maximum atomic E-state index is 5.80. The van der Waals surface area contributed by atoms with Crippen molar-refractivity contribution < 1.29 is 0 Å². The molecule has 0 bridgehead atoms. The van der Waals surface area contributed by atoms with Gasteiger partial charge in [-0.3, -0.25) is 0 Å². The van der Waals surface area contributed by atoms with Crippen LogP contribution in [0.25, 0.3) is 6.08 Å². The van der Waals surface area contributed by atoms with Gasteiger partial charge in [-0.25, -0.2) is 0 Å². The van der Waals surface area contributed by atoms with E-state index in [0.717, 1.165) is 5.56 Å². The molecular formula is C9H10ClNS. The van der Waals surface area contributed by atoms with E-state index in [2.05, 4.69) is 12.6 Å². The largest absolute Gasteiger partial charge is 0.399 e. The average molecular weight is 200 g/mol. The van der Waals surface area contributed by atoms with Crippen molar-refractivity contribution in [2.75, 3.05) is 11.5 Å². The Bertz CT molecular complexity index is 276. The van der Waals surface area contributed by atoms with Crippen LogP contribution in [0.4, 0.5) is 5.69 Å². The number of benzene rings is 1. The van der Waals surface area contributed by atoms with E-state index in [0.29, 0.717) is 16.5 Å². The molecule has 0 heterocycles. The topological polar surface area (TPSA) is 26.0 Å². The fourth-order valence-electron chi connectivity index (χ4n) is 0.921. The van der Waals surface area contributed by atoms with Gasteiger partial charge in [0.05, 0.1) is 0 Å². The Morgan fingerprint density at radius 1 is 1.42 bits per heavy atom. The Labute approximate surface area is 82.6 Å². The smallest absolute Gasteiger partial charge is 0.0432 e. The van der Waals surface area contributed by atoms with Crippen LogP contribution in [0.1, 0.15) is 5.56 Å². The van der Waals surface area contributed by atoms with Crippen LogP contribution >= 0.6 is 24.2 Å². The highest BCUT2D eigenvalue weighted by Crippen LogP contribution is 2.17. The lowest BCUT2D eigenvalue weighted by Crippen LogP contribution is -1.84. The molecule has 2 N–H and O–H groups in total. The van der Waals surface area contributed by atoms with E-state index in [1.165, 1.54) is 0 Å². The summed E-state index contributed by atoms with van der Waals surface area (Å²) in [7, 11) is 0. The molecule has 1 rings (SSSR count). The second kappa shape index (κ2) is 4.43. The molecule has 1 nitrogen and oxygen atoms in total. The van der Waals surface area contributed by atoms with Crippen molar-refractivity contribution in [1.29, 1.82) is 0 Å². The third kappa shape index (κ3) is 2.80. The Morgan fingerprint density at radius 3 is 2.75 bits per heavy atom. The van der Waals surface area contributed by atoms with Gasteiger partial charge in [-0.1, -0.05) is 23.8 Å². The van der Waals surface area contributed by atoms with Gasteiger partial charge < -0.3 is 5.73 Å². The van der Waals surface area contributed by atoms with E-state index in [9.17, 15) is 0 Å². The molecule has 12 heavy (non-hydrogen) atoms. The standard InChI is InChI=1S/C9H10ClNS/c10-8-4-7(2-1-3-12)5-9(11)6-8/h1-2,4-6,12H,3,11H2. The SMILES string of the molecule is Nc1cc(Cl)cc(C=CCS)c1. The minimum absolute atomic E-state index is 0.661. The first-order valence-corrected chi connectivity index (χ1v) is 4.57. The number of hydrogen-bond acceptors (Lipinski definition) is 2. The molecule has 0 fully saturated rings. The van der Waals surface area contributed by atoms with Gasteiger partial charge in [0.25, 0.3) is 0 Å². The average Bonchev–Trinajstić information content (AvgIpc) is 1.99. The van der Waals surface area contributed by atoms with Crippen molar-refractivity contribution in [3.63, 3.8) is 0 Å². The van der Waals surface area contributed by atoms with Gasteiger partial charge in [-0.15, -0.1) is 0 Å². The van der Waals surface area contributed by atoms with Crippen LogP contribution in [0.3, 0.4) is 0 Å². The molecule has 64 valence electrons. The monoisotopic (exact) mass is 199 g/mol. The van der Waals surface area contributed by atoms with Gasteiger partial charge >= 0.3 is 0 Å². The predicted molar refractivity (Wildman–Crippen MR) is 58.8 cm³/mol. The molecule has 0 unspecified atom stereocenters. The summed E-state index contributed by atoms with van der Waals surface area (Å²) in [5.41, 5.74) is 7.28. The summed E-state index contributed by atoms with van der Waals surface area (Å²) in [6.07, 6.45) is 3.88. The minimum atomic E-state index is 0.661. The van der Waals surface area contributed by atoms with Crippen LogP contribution in [0.5, 0.6) is 0 Å². The van der Waals surface area contributed by atoms with E-state index in [1.54, 1.807) is 6.07 Å². The quantitative estimate of drug-likeness (QED) is 0.556. The second-order valence-corrected chi connectivity index (χ2v) is 3.20. The van der Waals surface area contributed by atoms with E-state index < -0.39 is 0 Å².